The van der Waals surface area contributed by atoms with Crippen LogP contribution in [0, 0.1) is 23.7 Å². The van der Waals surface area contributed by atoms with Gasteiger partial charge in [0, 0.05) is 45.7 Å². The predicted octanol–water partition coefficient (Wildman–Crippen LogP) is 5.99. The van der Waals surface area contributed by atoms with Crippen molar-refractivity contribution < 1.29 is 15.2 Å². The van der Waals surface area contributed by atoms with E-state index < -0.39 is 32.7 Å². The van der Waals surface area contributed by atoms with Crippen LogP contribution in [-0.4, -0.2) is 75.8 Å². The molecule has 0 saturated carbocycles. The predicted molar refractivity (Wildman–Crippen MR) is 169 cm³/mol. The fourth-order valence-electron chi connectivity index (χ4n) is 4.59. The van der Waals surface area contributed by atoms with Gasteiger partial charge < -0.3 is 18.7 Å². The largest absolute Gasteiger partial charge is 0.425 e. The van der Waals surface area contributed by atoms with E-state index in [1.807, 2.05) is 6.92 Å². The zero-order valence-corrected chi connectivity index (χ0v) is 27.5. The van der Waals surface area contributed by atoms with Gasteiger partial charge in [0.2, 0.25) is 0 Å². The smallest absolute Gasteiger partial charge is 0.351 e. The summed E-state index contributed by atoms with van der Waals surface area (Å²) in [5.74, 6) is 7.15. The molecule has 10 nitrogen and oxygen atoms in total. The Kier molecular flexibility index (Phi) is 13.7. The van der Waals surface area contributed by atoms with Crippen molar-refractivity contribution in [2.24, 2.45) is 21.8 Å². The van der Waals surface area contributed by atoms with Gasteiger partial charge in [-0.25, -0.2) is 14.5 Å². The first-order valence-corrected chi connectivity index (χ1v) is 15.7. The molecule has 1 aliphatic heterocycles. The Balaban J connectivity index is 2.37. The molecule has 1 aliphatic rings. The van der Waals surface area contributed by atoms with Crippen LogP contribution in [0.25, 0.3) is 0 Å². The SMILES string of the molecule is [2H]CC1OC(n2cc(C#CC)c(/N=C\N(CC(C)C)CC(C)C)nc2=O)C[C@H]1OP(O/C=N/CC)N(C(C)C)C(C)C. The molecular weight excluding hydrogens is 539 g/mol. The summed E-state index contributed by atoms with van der Waals surface area (Å²) in [6, 6.07) is 0.316. The third-order valence-electron chi connectivity index (χ3n) is 6.09. The van der Waals surface area contributed by atoms with Crippen molar-refractivity contribution in [2.45, 2.75) is 113 Å². The second-order valence-electron chi connectivity index (χ2n) is 11.6. The van der Waals surface area contributed by atoms with Gasteiger partial charge in [0.05, 0.1) is 24.1 Å². The summed E-state index contributed by atoms with van der Waals surface area (Å²) >= 11 is 0. The standard InChI is InChI=1S/C30H51N6O4P/c1-12-14-26-18-35(30(37)33-29(26)32-19-34(16-21(3)4)17-22(5)6)28-15-27(25(11)39-28)40-41(38-20-31-13-2)36(23(7)8)24(9)10/h18-25,27-28H,13,15-17H2,1-11H3/b31-20+,32-19-/t25?,27-,28?,41?/m1/s1/i11D. The second kappa shape index (κ2) is 17.0. The minimum absolute atomic E-state index is 0.0234. The molecule has 1 aromatic heterocycles. The van der Waals surface area contributed by atoms with Gasteiger partial charge in [-0.3, -0.25) is 9.56 Å². The molecule has 0 aromatic carbocycles. The molecule has 1 aromatic rings. The molecule has 4 atom stereocenters. The average Bonchev–Trinajstić information content (AvgIpc) is 3.30. The van der Waals surface area contributed by atoms with Crippen molar-refractivity contribution in [1.82, 2.24) is 19.1 Å². The monoisotopic (exact) mass is 591 g/mol. The van der Waals surface area contributed by atoms with E-state index in [1.165, 1.54) is 11.0 Å². The van der Waals surface area contributed by atoms with Gasteiger partial charge in [-0.05, 0) is 60.3 Å². The maximum atomic E-state index is 13.3. The Labute approximate surface area is 250 Å². The molecule has 0 spiro atoms. The van der Waals surface area contributed by atoms with Crippen LogP contribution in [0.1, 0.15) is 95.7 Å². The molecule has 230 valence electrons. The number of ether oxygens (including phenoxy) is 1. The topological polar surface area (TPSA) is 93.8 Å². The first kappa shape index (κ1) is 33.2. The van der Waals surface area contributed by atoms with Crippen molar-refractivity contribution in [3.63, 3.8) is 0 Å². The van der Waals surface area contributed by atoms with E-state index in [9.17, 15) is 4.79 Å². The van der Waals surface area contributed by atoms with Crippen molar-refractivity contribution >= 4 is 27.1 Å². The van der Waals surface area contributed by atoms with Crippen LogP contribution in [0.2, 0.25) is 0 Å². The summed E-state index contributed by atoms with van der Waals surface area (Å²) in [6.45, 7) is 22.9. The van der Waals surface area contributed by atoms with E-state index in [1.54, 1.807) is 19.5 Å². The van der Waals surface area contributed by atoms with Crippen molar-refractivity contribution in [2.75, 3.05) is 19.6 Å². The van der Waals surface area contributed by atoms with Crippen molar-refractivity contribution in [1.29, 1.82) is 0 Å². The second-order valence-corrected chi connectivity index (χ2v) is 12.9. The molecule has 0 radical (unpaired) electrons. The molecule has 2 heterocycles. The van der Waals surface area contributed by atoms with E-state index in [2.05, 4.69) is 91.8 Å². The number of hydrogen-bond donors (Lipinski definition) is 0. The van der Waals surface area contributed by atoms with E-state index in [0.29, 0.717) is 30.4 Å². The number of aromatic nitrogens is 2. The van der Waals surface area contributed by atoms with Crippen LogP contribution >= 0.6 is 8.53 Å². The van der Waals surface area contributed by atoms with Gasteiger partial charge in [-0.15, -0.1) is 5.92 Å². The molecule has 3 unspecified atom stereocenters. The zero-order valence-electron chi connectivity index (χ0n) is 27.6. The molecule has 0 amide bonds. The molecular formula is C30H51N6O4P. The molecule has 2 rings (SSSR count). The van der Waals surface area contributed by atoms with Crippen molar-refractivity contribution in [3.8, 4) is 11.8 Å². The highest BCUT2D eigenvalue weighted by Gasteiger charge is 2.40. The fraction of sp³-hybridized carbons (Fsp3) is 0.733. The number of aliphatic imine (C=N–C) groups is 2. The average molecular weight is 592 g/mol. The molecule has 0 N–H and O–H groups in total. The molecule has 0 bridgehead atoms. The molecule has 1 fully saturated rings. The van der Waals surface area contributed by atoms with Crippen LogP contribution in [-0.2, 0) is 13.8 Å². The van der Waals surface area contributed by atoms with Gasteiger partial charge in [0.25, 0.3) is 0 Å². The molecule has 1 saturated heterocycles. The molecule has 11 heteroatoms. The Bertz CT molecular complexity index is 1130. The summed E-state index contributed by atoms with van der Waals surface area (Å²) in [4.78, 5) is 28.5. The molecule has 41 heavy (non-hydrogen) atoms. The van der Waals surface area contributed by atoms with Gasteiger partial charge in [-0.2, -0.15) is 4.98 Å². The maximum Gasteiger partial charge on any atom is 0.351 e. The highest BCUT2D eigenvalue weighted by atomic mass is 31.2. The quantitative estimate of drug-likeness (QED) is 0.107. The lowest BCUT2D eigenvalue weighted by atomic mass is 10.1. The zero-order chi connectivity index (χ0) is 31.4. The Morgan fingerprint density at radius 3 is 2.41 bits per heavy atom. The third-order valence-corrected chi connectivity index (χ3v) is 8.12. The summed E-state index contributed by atoms with van der Waals surface area (Å²) in [5, 5.41) is 0. The van der Waals surface area contributed by atoms with Crippen LogP contribution in [0.15, 0.2) is 21.0 Å². The van der Waals surface area contributed by atoms with E-state index in [0.717, 1.165) is 13.1 Å². The highest BCUT2D eigenvalue weighted by Crippen LogP contribution is 2.49. The molecule has 0 aliphatic carbocycles. The number of rotatable bonds is 15. The van der Waals surface area contributed by atoms with Gasteiger partial charge in [-0.1, -0.05) is 33.6 Å². The lowest BCUT2D eigenvalue weighted by Crippen LogP contribution is -2.35. The van der Waals surface area contributed by atoms with E-state index in [4.69, 9.17) is 15.2 Å². The maximum absolute atomic E-state index is 13.3. The van der Waals surface area contributed by atoms with Crippen LogP contribution < -0.4 is 5.69 Å². The normalized spacial score (nSPS) is 20.6. The van der Waals surface area contributed by atoms with Gasteiger partial charge >= 0.3 is 14.2 Å². The Hall–Kier alpha value is -2.31. The Morgan fingerprint density at radius 2 is 1.88 bits per heavy atom. The first-order chi connectivity index (χ1) is 19.9. The van der Waals surface area contributed by atoms with E-state index in [-0.39, 0.29) is 24.8 Å². The minimum atomic E-state index is -1.52. The number of hydrogen-bond acceptors (Lipinski definition) is 8. The van der Waals surface area contributed by atoms with Crippen molar-refractivity contribution in [3.05, 3.63) is 22.2 Å². The van der Waals surface area contributed by atoms with Crippen LogP contribution in [0.4, 0.5) is 5.82 Å². The Morgan fingerprint density at radius 1 is 1.22 bits per heavy atom. The summed E-state index contributed by atoms with van der Waals surface area (Å²) < 4.78 is 30.4. The van der Waals surface area contributed by atoms with Gasteiger partial charge in [0.1, 0.15) is 6.23 Å². The first-order valence-electron chi connectivity index (χ1n) is 15.3. The fourth-order valence-corrected chi connectivity index (χ4v) is 6.21. The van der Waals surface area contributed by atoms with Crippen LogP contribution in [0.3, 0.4) is 0 Å². The van der Waals surface area contributed by atoms with Crippen LogP contribution in [0.5, 0.6) is 0 Å². The summed E-state index contributed by atoms with van der Waals surface area (Å²) in [6.07, 6.45) is 3.56. The van der Waals surface area contributed by atoms with Gasteiger partial charge in [0.15, 0.2) is 12.2 Å². The third kappa shape index (κ3) is 10.8. The lowest BCUT2D eigenvalue weighted by molar-refractivity contribution is -0.00769. The van der Waals surface area contributed by atoms with E-state index >= 15 is 0 Å². The lowest BCUT2D eigenvalue weighted by Gasteiger charge is -2.36. The minimum Gasteiger partial charge on any atom is -0.425 e. The summed E-state index contributed by atoms with van der Waals surface area (Å²) in [5.41, 5.74) is 0.0435. The highest BCUT2D eigenvalue weighted by molar-refractivity contribution is 7.45. The summed E-state index contributed by atoms with van der Waals surface area (Å²) in [7, 11) is -1.52. The number of nitrogens with zero attached hydrogens (tertiary/aromatic N) is 6.